The van der Waals surface area contributed by atoms with Gasteiger partial charge in [-0.2, -0.15) is 0 Å². The molecule has 0 aliphatic rings. The molecule has 0 radical (unpaired) electrons. The first-order valence-electron chi connectivity index (χ1n) is 7.73. The Bertz CT molecular complexity index is 1130. The van der Waals surface area contributed by atoms with Gasteiger partial charge in [-0.15, -0.1) is 0 Å². The van der Waals surface area contributed by atoms with E-state index in [-0.39, 0.29) is 11.6 Å². The van der Waals surface area contributed by atoms with Gasteiger partial charge in [0.15, 0.2) is 0 Å². The van der Waals surface area contributed by atoms with Gasteiger partial charge in [0.1, 0.15) is 0 Å². The SMILES string of the molecule is Cc1ccc2nc(C(=O)O)[nH]c2c1.Cc1cccc2[nH]c(C(=O)O)nc12. The van der Waals surface area contributed by atoms with Gasteiger partial charge in [0.2, 0.25) is 11.6 Å². The molecule has 0 aliphatic carbocycles. The van der Waals surface area contributed by atoms with Gasteiger partial charge >= 0.3 is 11.9 Å². The maximum absolute atomic E-state index is 10.6. The molecule has 0 aliphatic heterocycles. The van der Waals surface area contributed by atoms with Crippen molar-refractivity contribution in [2.45, 2.75) is 13.8 Å². The number of carbonyl (C=O) groups is 2. The minimum Gasteiger partial charge on any atom is -0.475 e. The summed E-state index contributed by atoms with van der Waals surface area (Å²) in [6.07, 6.45) is 0. The molecule has 0 saturated carbocycles. The number of carboxylic acids is 2. The van der Waals surface area contributed by atoms with Crippen LogP contribution in [0.5, 0.6) is 0 Å². The van der Waals surface area contributed by atoms with Gasteiger partial charge in [0, 0.05) is 0 Å². The molecule has 0 amide bonds. The summed E-state index contributed by atoms with van der Waals surface area (Å²) in [5.41, 5.74) is 4.98. The molecule has 132 valence electrons. The third-order valence-electron chi connectivity index (χ3n) is 3.76. The first kappa shape index (κ1) is 17.2. The second-order valence-electron chi connectivity index (χ2n) is 5.77. The number of para-hydroxylation sites is 1. The number of aromatic nitrogens is 4. The number of aryl methyl sites for hydroxylation is 2. The van der Waals surface area contributed by atoms with Crippen molar-refractivity contribution < 1.29 is 19.8 Å². The van der Waals surface area contributed by atoms with Gasteiger partial charge < -0.3 is 20.2 Å². The van der Waals surface area contributed by atoms with Gasteiger partial charge in [0.05, 0.1) is 22.1 Å². The maximum atomic E-state index is 10.6. The van der Waals surface area contributed by atoms with E-state index in [1.54, 1.807) is 6.07 Å². The fourth-order valence-electron chi connectivity index (χ4n) is 2.50. The molecule has 4 aromatic rings. The average Bonchev–Trinajstić information content (AvgIpc) is 3.19. The summed E-state index contributed by atoms with van der Waals surface area (Å²) in [5.74, 6) is -2.09. The molecule has 4 rings (SSSR count). The van der Waals surface area contributed by atoms with Crippen LogP contribution >= 0.6 is 0 Å². The molecule has 2 heterocycles. The van der Waals surface area contributed by atoms with Crippen molar-refractivity contribution in [3.63, 3.8) is 0 Å². The number of hydrogen-bond donors (Lipinski definition) is 4. The molecule has 2 aromatic heterocycles. The molecule has 8 nitrogen and oxygen atoms in total. The third kappa shape index (κ3) is 3.39. The second-order valence-corrected chi connectivity index (χ2v) is 5.77. The van der Waals surface area contributed by atoms with Gasteiger partial charge in [-0.25, -0.2) is 19.6 Å². The lowest BCUT2D eigenvalue weighted by Crippen LogP contribution is -1.97. The Morgan fingerprint density at radius 2 is 1.54 bits per heavy atom. The van der Waals surface area contributed by atoms with E-state index in [4.69, 9.17) is 10.2 Å². The van der Waals surface area contributed by atoms with E-state index in [2.05, 4.69) is 19.9 Å². The summed E-state index contributed by atoms with van der Waals surface area (Å²) in [5, 5.41) is 17.3. The fourth-order valence-corrected chi connectivity index (χ4v) is 2.50. The Morgan fingerprint density at radius 3 is 2.19 bits per heavy atom. The zero-order valence-corrected chi connectivity index (χ0v) is 14.1. The van der Waals surface area contributed by atoms with E-state index in [9.17, 15) is 9.59 Å². The summed E-state index contributed by atoms with van der Waals surface area (Å²) in [6.45, 7) is 3.84. The molecule has 0 fully saturated rings. The minimum absolute atomic E-state index is 0.00991. The van der Waals surface area contributed by atoms with Crippen LogP contribution < -0.4 is 0 Å². The van der Waals surface area contributed by atoms with Crippen molar-refractivity contribution in [2.75, 3.05) is 0 Å². The predicted molar refractivity (Wildman–Crippen MR) is 95.6 cm³/mol. The maximum Gasteiger partial charge on any atom is 0.371 e. The number of fused-ring (bicyclic) bond motifs is 2. The minimum atomic E-state index is -1.03. The summed E-state index contributed by atoms with van der Waals surface area (Å²) < 4.78 is 0. The van der Waals surface area contributed by atoms with E-state index >= 15 is 0 Å². The molecule has 0 bridgehead atoms. The highest BCUT2D eigenvalue weighted by Crippen LogP contribution is 2.15. The van der Waals surface area contributed by atoms with Crippen LogP contribution in [0.1, 0.15) is 32.4 Å². The summed E-state index contributed by atoms with van der Waals surface area (Å²) in [4.78, 5) is 34.5. The number of aromatic carboxylic acids is 2. The molecule has 0 spiro atoms. The molecule has 0 saturated heterocycles. The van der Waals surface area contributed by atoms with Crippen LogP contribution in [0.3, 0.4) is 0 Å². The highest BCUT2D eigenvalue weighted by molar-refractivity contribution is 5.90. The normalized spacial score (nSPS) is 10.5. The van der Waals surface area contributed by atoms with Crippen molar-refractivity contribution >= 4 is 34.0 Å². The predicted octanol–water partition coefficient (Wildman–Crippen LogP) is 3.14. The molecular weight excluding hydrogens is 336 g/mol. The van der Waals surface area contributed by atoms with Crippen LogP contribution in [0, 0.1) is 13.8 Å². The molecule has 0 unspecified atom stereocenters. The van der Waals surface area contributed by atoms with E-state index in [0.29, 0.717) is 5.52 Å². The van der Waals surface area contributed by atoms with Crippen LogP contribution in [0.4, 0.5) is 0 Å². The number of nitrogens with one attached hydrogen (secondary N) is 2. The Morgan fingerprint density at radius 1 is 0.885 bits per heavy atom. The first-order chi connectivity index (χ1) is 12.3. The molecule has 8 heteroatoms. The number of H-pyrrole nitrogens is 2. The van der Waals surface area contributed by atoms with E-state index in [0.717, 1.165) is 27.7 Å². The number of aromatic amines is 2. The molecule has 4 N–H and O–H groups in total. The van der Waals surface area contributed by atoms with Crippen molar-refractivity contribution in [3.05, 3.63) is 59.2 Å². The van der Waals surface area contributed by atoms with Crippen molar-refractivity contribution in [1.82, 2.24) is 19.9 Å². The van der Waals surface area contributed by atoms with E-state index < -0.39 is 11.9 Å². The van der Waals surface area contributed by atoms with Crippen molar-refractivity contribution in [3.8, 4) is 0 Å². The lowest BCUT2D eigenvalue weighted by Gasteiger charge is -1.90. The van der Waals surface area contributed by atoms with Gasteiger partial charge in [0.25, 0.3) is 0 Å². The molecule has 0 atom stereocenters. The van der Waals surface area contributed by atoms with Crippen molar-refractivity contribution in [1.29, 1.82) is 0 Å². The molecule has 26 heavy (non-hydrogen) atoms. The first-order valence-corrected chi connectivity index (χ1v) is 7.73. The quantitative estimate of drug-likeness (QED) is 0.438. The van der Waals surface area contributed by atoms with Crippen LogP contribution in [-0.4, -0.2) is 42.1 Å². The van der Waals surface area contributed by atoms with E-state index in [1.165, 1.54) is 0 Å². The topological polar surface area (TPSA) is 132 Å². The number of nitrogens with zero attached hydrogens (tertiary/aromatic N) is 2. The standard InChI is InChI=1S/2C9H8N2O2/c1-5-2-3-6-7(4-5)11-8(10-6)9(12)13;1-5-3-2-4-6-7(5)11-8(10-6)9(12)13/h2*2-4H,1H3,(H,10,11)(H,12,13). The Kier molecular flexibility index (Phi) is 4.40. The van der Waals surface area contributed by atoms with Crippen LogP contribution in [-0.2, 0) is 0 Å². The van der Waals surface area contributed by atoms with Gasteiger partial charge in [-0.05, 0) is 43.2 Å². The second kappa shape index (κ2) is 6.67. The number of hydrogen-bond acceptors (Lipinski definition) is 4. The number of rotatable bonds is 2. The summed E-state index contributed by atoms with van der Waals surface area (Å²) in [7, 11) is 0. The zero-order valence-electron chi connectivity index (χ0n) is 14.1. The Hall–Kier alpha value is -3.68. The highest BCUT2D eigenvalue weighted by Gasteiger charge is 2.10. The molecular formula is C18H16N4O4. The number of carboxylic acid groups (broad SMARTS) is 2. The molecule has 2 aromatic carbocycles. The lowest BCUT2D eigenvalue weighted by atomic mass is 10.2. The zero-order chi connectivity index (χ0) is 18.8. The van der Waals surface area contributed by atoms with Gasteiger partial charge in [-0.1, -0.05) is 18.2 Å². The fraction of sp³-hybridized carbons (Fsp3) is 0.111. The van der Waals surface area contributed by atoms with E-state index in [1.807, 2.05) is 44.2 Å². The Balaban J connectivity index is 0.000000151. The summed E-state index contributed by atoms with van der Waals surface area (Å²) in [6, 6.07) is 11.1. The lowest BCUT2D eigenvalue weighted by molar-refractivity contribution is 0.0674. The third-order valence-corrected chi connectivity index (χ3v) is 3.76. The van der Waals surface area contributed by atoms with Crippen LogP contribution in [0.15, 0.2) is 36.4 Å². The average molecular weight is 352 g/mol. The summed E-state index contributed by atoms with van der Waals surface area (Å²) >= 11 is 0. The number of benzene rings is 2. The van der Waals surface area contributed by atoms with Crippen molar-refractivity contribution in [2.24, 2.45) is 0 Å². The highest BCUT2D eigenvalue weighted by atomic mass is 16.4. The largest absolute Gasteiger partial charge is 0.475 e. The van der Waals surface area contributed by atoms with Gasteiger partial charge in [-0.3, -0.25) is 0 Å². The Labute approximate surface area is 147 Å². The van der Waals surface area contributed by atoms with Crippen LogP contribution in [0.2, 0.25) is 0 Å². The smallest absolute Gasteiger partial charge is 0.371 e. The van der Waals surface area contributed by atoms with Crippen LogP contribution in [0.25, 0.3) is 22.1 Å². The monoisotopic (exact) mass is 352 g/mol. The number of imidazole rings is 2.